The van der Waals surface area contributed by atoms with Crippen LogP contribution in [0.1, 0.15) is 0 Å². The molecular weight excluding hydrogens is 360 g/mol. The van der Waals surface area contributed by atoms with Crippen LogP contribution in [0.15, 0.2) is 41.2 Å². The topological polar surface area (TPSA) is 107 Å². The number of carbonyl (C=O) groups excluding carboxylic acids is 2. The van der Waals surface area contributed by atoms with E-state index in [1.54, 1.807) is 36.4 Å². The molecule has 0 unspecified atom stereocenters. The molecule has 2 aromatic carbocycles. The van der Waals surface area contributed by atoms with Crippen molar-refractivity contribution in [3.63, 3.8) is 0 Å². The number of hydrogen-bond donors (Lipinski definition) is 3. The number of hydrogen-bond acceptors (Lipinski definition) is 4. The number of fused-ring (bicyclic) bond motifs is 2. The Morgan fingerprint density at radius 2 is 1.96 bits per heavy atom. The summed E-state index contributed by atoms with van der Waals surface area (Å²) in [5.74, 6) is -0.225. The van der Waals surface area contributed by atoms with Crippen LogP contribution >= 0.6 is 11.6 Å². The van der Waals surface area contributed by atoms with Crippen molar-refractivity contribution >= 4 is 45.8 Å². The Hall–Kier alpha value is -3.26. The molecule has 0 radical (unpaired) electrons. The molecule has 1 aliphatic heterocycles. The maximum atomic E-state index is 12.4. The lowest BCUT2D eigenvalue weighted by Crippen LogP contribution is -2.43. The second-order valence-electron chi connectivity index (χ2n) is 5.77. The molecule has 26 heavy (non-hydrogen) atoms. The van der Waals surface area contributed by atoms with Gasteiger partial charge in [0.25, 0.3) is 5.91 Å². The average molecular weight is 373 g/mol. The van der Waals surface area contributed by atoms with Crippen molar-refractivity contribution in [1.82, 2.24) is 9.97 Å². The average Bonchev–Trinajstić information content (AvgIpc) is 2.97. The van der Waals surface area contributed by atoms with E-state index >= 15 is 0 Å². The minimum Gasteiger partial charge on any atom is -0.482 e. The van der Waals surface area contributed by atoms with Crippen molar-refractivity contribution in [1.29, 1.82) is 0 Å². The molecule has 9 heteroatoms. The number of aromatic amines is 2. The largest absolute Gasteiger partial charge is 0.482 e. The number of carbonyl (C=O) groups is 2. The van der Waals surface area contributed by atoms with Crippen LogP contribution in [0.5, 0.6) is 5.75 Å². The van der Waals surface area contributed by atoms with Crippen molar-refractivity contribution in [2.45, 2.75) is 0 Å². The number of rotatable bonds is 3. The van der Waals surface area contributed by atoms with Gasteiger partial charge in [-0.25, -0.2) is 4.79 Å². The van der Waals surface area contributed by atoms with Crippen LogP contribution in [0, 0.1) is 0 Å². The zero-order valence-corrected chi connectivity index (χ0v) is 14.1. The van der Waals surface area contributed by atoms with Gasteiger partial charge in [0.1, 0.15) is 12.3 Å². The normalized spacial score (nSPS) is 13.4. The highest BCUT2D eigenvalue weighted by molar-refractivity contribution is 6.31. The lowest BCUT2D eigenvalue weighted by molar-refractivity contribution is -0.123. The molecular formula is C17H13ClN4O4. The minimum absolute atomic E-state index is 0.140. The first-order valence-electron chi connectivity index (χ1n) is 7.74. The molecule has 3 N–H and O–H groups in total. The third-order valence-corrected chi connectivity index (χ3v) is 4.20. The molecule has 132 valence electrons. The first-order valence-corrected chi connectivity index (χ1v) is 8.12. The first kappa shape index (κ1) is 16.2. The lowest BCUT2D eigenvalue weighted by Gasteiger charge is -2.29. The summed E-state index contributed by atoms with van der Waals surface area (Å²) < 4.78 is 5.35. The molecule has 8 nitrogen and oxygen atoms in total. The van der Waals surface area contributed by atoms with E-state index in [2.05, 4.69) is 15.3 Å². The maximum Gasteiger partial charge on any atom is 0.323 e. The van der Waals surface area contributed by atoms with Crippen molar-refractivity contribution in [2.24, 2.45) is 0 Å². The Kier molecular flexibility index (Phi) is 3.89. The first-order chi connectivity index (χ1) is 12.5. The van der Waals surface area contributed by atoms with Gasteiger partial charge in [-0.3, -0.25) is 14.5 Å². The summed E-state index contributed by atoms with van der Waals surface area (Å²) in [4.78, 5) is 42.4. The van der Waals surface area contributed by atoms with Gasteiger partial charge in [-0.2, -0.15) is 0 Å². The van der Waals surface area contributed by atoms with Gasteiger partial charge in [0.05, 0.1) is 16.7 Å². The number of amides is 2. The van der Waals surface area contributed by atoms with Crippen LogP contribution < -0.4 is 20.6 Å². The molecule has 0 aliphatic carbocycles. The van der Waals surface area contributed by atoms with Gasteiger partial charge in [-0.05, 0) is 36.4 Å². The predicted octanol–water partition coefficient (Wildman–Crippen LogP) is 1.87. The standard InChI is InChI=1S/C17H13ClN4O4/c18-9-1-4-14-13(5-9)22(16(24)8-26-14)7-15(23)19-10-2-3-11-12(6-10)21-17(25)20-11/h1-6H,7-8H2,(H,19,23)(H2,20,21,25). The highest BCUT2D eigenvalue weighted by atomic mass is 35.5. The van der Waals surface area contributed by atoms with Crippen LogP contribution in [-0.4, -0.2) is 34.9 Å². The van der Waals surface area contributed by atoms with Crippen molar-refractivity contribution < 1.29 is 14.3 Å². The molecule has 0 spiro atoms. The molecule has 2 amide bonds. The van der Waals surface area contributed by atoms with Crippen LogP contribution in [0.25, 0.3) is 11.0 Å². The summed E-state index contributed by atoms with van der Waals surface area (Å²) in [6, 6.07) is 9.87. The molecule has 3 aromatic rings. The Bertz CT molecular complexity index is 1090. The number of benzene rings is 2. The van der Waals surface area contributed by atoms with Crippen LogP contribution in [0.3, 0.4) is 0 Å². The number of anilines is 2. The fourth-order valence-electron chi connectivity index (χ4n) is 2.80. The number of H-pyrrole nitrogens is 2. The fraction of sp³-hybridized carbons (Fsp3) is 0.118. The third kappa shape index (κ3) is 3.02. The SMILES string of the molecule is O=C(CN1C(=O)COc2ccc(Cl)cc21)Nc1ccc2[nH]c(=O)[nH]c2c1. The number of ether oxygens (including phenoxy) is 1. The van der Waals surface area contributed by atoms with Gasteiger partial charge in [0, 0.05) is 10.7 Å². The smallest absolute Gasteiger partial charge is 0.323 e. The van der Waals surface area contributed by atoms with Gasteiger partial charge in [0.2, 0.25) is 5.91 Å². The second kappa shape index (κ2) is 6.23. The summed E-state index contributed by atoms with van der Waals surface area (Å²) in [5.41, 5.74) is 1.85. The molecule has 2 heterocycles. The van der Waals surface area contributed by atoms with E-state index in [0.29, 0.717) is 33.2 Å². The van der Waals surface area contributed by atoms with E-state index in [-0.39, 0.29) is 30.7 Å². The van der Waals surface area contributed by atoms with Gasteiger partial charge >= 0.3 is 5.69 Å². The van der Waals surface area contributed by atoms with Crippen molar-refractivity contribution in [3.8, 4) is 5.75 Å². The molecule has 0 atom stereocenters. The Morgan fingerprint density at radius 3 is 2.81 bits per heavy atom. The highest BCUT2D eigenvalue weighted by Crippen LogP contribution is 2.34. The van der Waals surface area contributed by atoms with E-state index in [0.717, 1.165) is 0 Å². The molecule has 1 aromatic heterocycles. The number of imidazole rings is 1. The summed E-state index contributed by atoms with van der Waals surface area (Å²) >= 11 is 5.99. The Labute approximate surface area is 151 Å². The van der Waals surface area contributed by atoms with E-state index in [1.165, 1.54) is 4.90 Å². The quantitative estimate of drug-likeness (QED) is 0.652. The molecule has 0 bridgehead atoms. The van der Waals surface area contributed by atoms with Gasteiger partial charge in [-0.15, -0.1) is 0 Å². The monoisotopic (exact) mass is 372 g/mol. The van der Waals surface area contributed by atoms with E-state index in [4.69, 9.17) is 16.3 Å². The highest BCUT2D eigenvalue weighted by Gasteiger charge is 2.27. The second-order valence-corrected chi connectivity index (χ2v) is 6.20. The Balaban J connectivity index is 1.54. The lowest BCUT2D eigenvalue weighted by atomic mass is 10.2. The molecule has 0 saturated heterocycles. The number of nitrogens with zero attached hydrogens (tertiary/aromatic N) is 1. The molecule has 0 fully saturated rings. The predicted molar refractivity (Wildman–Crippen MR) is 96.8 cm³/mol. The fourth-order valence-corrected chi connectivity index (χ4v) is 2.97. The van der Waals surface area contributed by atoms with Gasteiger partial charge in [0.15, 0.2) is 6.61 Å². The summed E-state index contributed by atoms with van der Waals surface area (Å²) in [7, 11) is 0. The zero-order chi connectivity index (χ0) is 18.3. The molecule has 0 saturated carbocycles. The van der Waals surface area contributed by atoms with E-state index in [1.807, 2.05) is 0 Å². The van der Waals surface area contributed by atoms with Crippen LogP contribution in [-0.2, 0) is 9.59 Å². The third-order valence-electron chi connectivity index (χ3n) is 3.97. The van der Waals surface area contributed by atoms with Gasteiger partial charge in [-0.1, -0.05) is 11.6 Å². The number of aromatic nitrogens is 2. The molecule has 1 aliphatic rings. The maximum absolute atomic E-state index is 12.4. The van der Waals surface area contributed by atoms with Gasteiger partial charge < -0.3 is 20.0 Å². The number of nitrogens with one attached hydrogen (secondary N) is 3. The summed E-state index contributed by atoms with van der Waals surface area (Å²) in [5, 5.41) is 3.15. The zero-order valence-electron chi connectivity index (χ0n) is 13.3. The summed E-state index contributed by atoms with van der Waals surface area (Å²) in [6.07, 6.45) is 0. The summed E-state index contributed by atoms with van der Waals surface area (Å²) in [6.45, 7) is -0.324. The van der Waals surface area contributed by atoms with E-state index < -0.39 is 0 Å². The Morgan fingerprint density at radius 1 is 1.15 bits per heavy atom. The van der Waals surface area contributed by atoms with Crippen LogP contribution in [0.4, 0.5) is 11.4 Å². The van der Waals surface area contributed by atoms with Crippen LogP contribution in [0.2, 0.25) is 5.02 Å². The van der Waals surface area contributed by atoms with Crippen molar-refractivity contribution in [2.75, 3.05) is 23.4 Å². The van der Waals surface area contributed by atoms with Crippen molar-refractivity contribution in [3.05, 3.63) is 51.9 Å². The molecule has 4 rings (SSSR count). The number of halogens is 1. The van der Waals surface area contributed by atoms with E-state index in [9.17, 15) is 14.4 Å². The minimum atomic E-state index is -0.386.